The molecule has 0 amide bonds. The summed E-state index contributed by atoms with van der Waals surface area (Å²) in [4.78, 5) is 47.8. The van der Waals surface area contributed by atoms with E-state index in [1.807, 2.05) is 0 Å². The van der Waals surface area contributed by atoms with Crippen molar-refractivity contribution in [3.05, 3.63) is 29.8 Å². The third-order valence-electron chi connectivity index (χ3n) is 8.21. The van der Waals surface area contributed by atoms with Crippen molar-refractivity contribution in [2.75, 3.05) is 12.4 Å². The second-order valence-corrected chi connectivity index (χ2v) is 26.4. The van der Waals surface area contributed by atoms with Gasteiger partial charge in [-0.1, -0.05) is 0 Å². The number of ether oxygens (including phenoxy) is 5. The van der Waals surface area contributed by atoms with Gasteiger partial charge in [0, 0.05) is 20.8 Å². The van der Waals surface area contributed by atoms with Crippen LogP contribution in [0.1, 0.15) is 92.6 Å². The van der Waals surface area contributed by atoms with E-state index < -0.39 is 72.1 Å². The van der Waals surface area contributed by atoms with Crippen LogP contribution in [0, 0.1) is 0 Å². The van der Waals surface area contributed by atoms with Gasteiger partial charge in [-0.25, -0.2) is 0 Å². The summed E-state index contributed by atoms with van der Waals surface area (Å²) in [5.41, 5.74) is 0.449. The first-order valence-electron chi connectivity index (χ1n) is 16.5. The fourth-order valence-electron chi connectivity index (χ4n) is 5.99. The Morgan fingerprint density at radius 3 is 1.67 bits per heavy atom. The van der Waals surface area contributed by atoms with Crippen molar-refractivity contribution in [3.63, 3.8) is 0 Å². The van der Waals surface area contributed by atoms with Crippen molar-refractivity contribution < 1.29 is 42.9 Å². The number of benzene rings is 1. The van der Waals surface area contributed by atoms with Crippen molar-refractivity contribution in [3.8, 4) is 0 Å². The van der Waals surface area contributed by atoms with E-state index in [4.69, 9.17) is 23.7 Å². The molecule has 0 saturated carbocycles. The average Bonchev–Trinajstić information content (AvgIpc) is 2.98. The van der Waals surface area contributed by atoms with Crippen LogP contribution < -0.4 is 3.58 Å². The van der Waals surface area contributed by atoms with Crippen LogP contribution in [0.4, 0.5) is 0 Å². The zero-order chi connectivity index (χ0) is 33.4. The summed E-state index contributed by atoms with van der Waals surface area (Å²) < 4.78 is 33.9. The Hall–Kier alpha value is -1.79. The molecule has 11 heteroatoms. The Labute approximate surface area is 278 Å². The summed E-state index contributed by atoms with van der Waals surface area (Å²) in [5, 5.41) is 0. The van der Waals surface area contributed by atoms with Gasteiger partial charge >= 0.3 is 244 Å². The molecular formula is C34H54O9SSn. The number of esters is 4. The van der Waals surface area contributed by atoms with Gasteiger partial charge < -0.3 is 0 Å². The topological polar surface area (TPSA) is 114 Å². The van der Waals surface area contributed by atoms with Crippen molar-refractivity contribution in [1.82, 2.24) is 0 Å². The number of hydrogen-bond donors (Lipinski definition) is 0. The predicted molar refractivity (Wildman–Crippen MR) is 179 cm³/mol. The van der Waals surface area contributed by atoms with E-state index in [1.54, 1.807) is 3.58 Å². The molecule has 0 bridgehead atoms. The Kier molecular flexibility index (Phi) is 17.9. The molecule has 1 aromatic rings. The molecule has 9 nitrogen and oxygen atoms in total. The third-order valence-corrected chi connectivity index (χ3v) is 25.0. The molecule has 254 valence electrons. The molecule has 0 spiro atoms. The van der Waals surface area contributed by atoms with E-state index in [2.05, 4.69) is 45.0 Å². The molecule has 0 N–H and O–H groups in total. The molecule has 2 rings (SSSR count). The second-order valence-electron chi connectivity index (χ2n) is 12.0. The molecule has 0 aromatic heterocycles. The molecule has 0 unspecified atom stereocenters. The molecule has 1 aliphatic rings. The van der Waals surface area contributed by atoms with Gasteiger partial charge in [-0.15, -0.1) is 0 Å². The van der Waals surface area contributed by atoms with Crippen LogP contribution in [0.25, 0.3) is 0 Å². The van der Waals surface area contributed by atoms with Crippen molar-refractivity contribution in [2.45, 2.75) is 137 Å². The van der Waals surface area contributed by atoms with E-state index in [9.17, 15) is 19.2 Å². The summed E-state index contributed by atoms with van der Waals surface area (Å²) in [7, 11) is 0. The standard InChI is InChI=1S/C22H27O9S.3C4H9.Sn/c1-13(23)27-12-18-19(28-14(2)24)20(29-15(3)25)21(30-16(4)26)22(31-18)32-11-10-17-8-6-5-7-9-17;3*1-3-4-2;/h6-9,18-22H,10-12H2,1-4H3;3*1,3-4H2,2H3;/t18-,19+,20+,21-,22+;;;;/m1..../s1. The first-order valence-corrected chi connectivity index (χ1v) is 25.0. The maximum atomic E-state index is 12.1. The number of carbonyl (C=O) groups is 4. The van der Waals surface area contributed by atoms with Gasteiger partial charge in [0.15, 0.2) is 0 Å². The minimum atomic E-state index is -2.51. The number of thioether (sulfide) groups is 1. The summed E-state index contributed by atoms with van der Waals surface area (Å²) >= 11 is -1.10. The van der Waals surface area contributed by atoms with Crippen molar-refractivity contribution >= 4 is 57.6 Å². The SMILES string of the molecule is CCC[CH2][Sn]([CH2]CCC)([CH2]CCC)[c]1ccc(CCS[C@@H]2O[C@H](COC(C)=O)[C@H](OC(C)=O)[C@H](OC(C)=O)[C@H]2OC(C)=O)cc1. The average molecular weight is 758 g/mol. The van der Waals surface area contributed by atoms with Gasteiger partial charge in [-0.2, -0.15) is 0 Å². The van der Waals surface area contributed by atoms with E-state index in [0.29, 0.717) is 5.75 Å². The number of aryl methyl sites for hydroxylation is 1. The Balaban J connectivity index is 2.27. The van der Waals surface area contributed by atoms with Crippen LogP contribution >= 0.6 is 11.8 Å². The van der Waals surface area contributed by atoms with Gasteiger partial charge in [0.2, 0.25) is 0 Å². The predicted octanol–water partition coefficient (Wildman–Crippen LogP) is 6.10. The minimum absolute atomic E-state index is 0.224. The van der Waals surface area contributed by atoms with Gasteiger partial charge in [0.25, 0.3) is 0 Å². The molecule has 1 aromatic carbocycles. The first kappa shape index (κ1) is 39.4. The zero-order valence-corrected chi connectivity index (χ0v) is 31.9. The number of rotatable bonds is 19. The molecule has 1 heterocycles. The normalized spacial score (nSPS) is 21.5. The quantitative estimate of drug-likeness (QED) is 0.0932. The number of hydrogen-bond acceptors (Lipinski definition) is 10. The second kappa shape index (κ2) is 20.4. The van der Waals surface area contributed by atoms with E-state index in [1.165, 1.54) is 96.9 Å². The number of unbranched alkanes of at least 4 members (excludes halogenated alkanes) is 3. The third kappa shape index (κ3) is 13.1. The van der Waals surface area contributed by atoms with E-state index >= 15 is 0 Å². The van der Waals surface area contributed by atoms with Gasteiger partial charge in [-0.3, -0.25) is 14.4 Å². The molecule has 1 aliphatic heterocycles. The maximum absolute atomic E-state index is 12.1. The van der Waals surface area contributed by atoms with Crippen molar-refractivity contribution in [2.24, 2.45) is 0 Å². The first-order chi connectivity index (χ1) is 21.5. The molecule has 45 heavy (non-hydrogen) atoms. The van der Waals surface area contributed by atoms with Gasteiger partial charge in [-0.05, 0) is 0 Å². The van der Waals surface area contributed by atoms with Crippen LogP contribution in [0.2, 0.25) is 13.3 Å². The molecule has 1 saturated heterocycles. The Bertz CT molecular complexity index is 1060. The number of carbonyl (C=O) groups excluding carboxylic acids is 4. The summed E-state index contributed by atoms with van der Waals surface area (Å²) in [6.07, 6.45) is 4.17. The van der Waals surface area contributed by atoms with Crippen LogP contribution in [-0.2, 0) is 49.3 Å². The van der Waals surface area contributed by atoms with Crippen LogP contribution in [0.15, 0.2) is 24.3 Å². The molecule has 1 fully saturated rings. The fraction of sp³-hybridized carbons (Fsp3) is 0.706. The van der Waals surface area contributed by atoms with E-state index in [0.717, 1.165) is 6.42 Å². The van der Waals surface area contributed by atoms with Gasteiger partial charge in [0.05, 0.1) is 0 Å². The fourth-order valence-corrected chi connectivity index (χ4v) is 23.1. The zero-order valence-electron chi connectivity index (χ0n) is 28.3. The van der Waals surface area contributed by atoms with E-state index in [-0.39, 0.29) is 6.61 Å². The molecular weight excluding hydrogens is 703 g/mol. The van der Waals surface area contributed by atoms with Gasteiger partial charge in [0.1, 0.15) is 0 Å². The Morgan fingerprint density at radius 1 is 0.711 bits per heavy atom. The molecule has 0 radical (unpaired) electrons. The summed E-state index contributed by atoms with van der Waals surface area (Å²) in [6, 6.07) is 9.31. The summed E-state index contributed by atoms with van der Waals surface area (Å²) in [5.74, 6) is -1.78. The Morgan fingerprint density at radius 2 is 1.20 bits per heavy atom. The molecule has 0 aliphatic carbocycles. The van der Waals surface area contributed by atoms with Crippen molar-refractivity contribution in [1.29, 1.82) is 0 Å². The summed E-state index contributed by atoms with van der Waals surface area (Å²) in [6.45, 7) is 11.6. The van der Waals surface area contributed by atoms with Crippen LogP contribution in [0.3, 0.4) is 0 Å². The molecule has 5 atom stereocenters. The van der Waals surface area contributed by atoms with Crippen LogP contribution in [0.5, 0.6) is 0 Å². The monoisotopic (exact) mass is 758 g/mol. The van der Waals surface area contributed by atoms with Crippen LogP contribution in [-0.4, -0.2) is 84.5 Å².